The van der Waals surface area contributed by atoms with E-state index in [0.717, 1.165) is 0 Å². The highest BCUT2D eigenvalue weighted by Gasteiger charge is 2.59. The monoisotopic (exact) mass is 309 g/mol. The quantitative estimate of drug-likeness (QED) is 0.676. The first-order valence-electron chi connectivity index (χ1n) is 8.08. The minimum absolute atomic E-state index is 0.0253. The molecule has 2 aliphatic rings. The van der Waals surface area contributed by atoms with Gasteiger partial charge in [0.05, 0.1) is 6.04 Å². The predicted molar refractivity (Wildman–Crippen MR) is 96.3 cm³/mol. The van der Waals surface area contributed by atoms with Crippen LogP contribution in [-0.2, 0) is 4.87 Å². The Bertz CT molecular complexity index is 709. The van der Waals surface area contributed by atoms with Crippen molar-refractivity contribution >= 4 is 17.4 Å². The first-order chi connectivity index (χ1) is 10.5. The van der Waals surface area contributed by atoms with Crippen LogP contribution in [0.1, 0.15) is 44.9 Å². The lowest BCUT2D eigenvalue weighted by molar-refractivity contribution is 0.257. The Balaban J connectivity index is 1.98. The van der Waals surface area contributed by atoms with Gasteiger partial charge in [-0.15, -0.1) is 11.8 Å². The molecular weight excluding hydrogens is 286 g/mol. The number of hydrogen-bond acceptors (Lipinski definition) is 2. The molecule has 2 aliphatic heterocycles. The molecule has 1 saturated heterocycles. The molecule has 1 nitrogen and oxygen atoms in total. The fraction of sp³-hybridized carbons (Fsp3) is 0.400. The van der Waals surface area contributed by atoms with Crippen LogP contribution in [0.25, 0.3) is 0 Å². The molecule has 2 heteroatoms. The van der Waals surface area contributed by atoms with Gasteiger partial charge in [-0.1, -0.05) is 63.2 Å². The Kier molecular flexibility index (Phi) is 2.93. The van der Waals surface area contributed by atoms with Gasteiger partial charge in [-0.25, -0.2) is 0 Å². The largest absolute Gasteiger partial charge is 0.345 e. The van der Waals surface area contributed by atoms with Gasteiger partial charge < -0.3 is 4.90 Å². The molecule has 22 heavy (non-hydrogen) atoms. The van der Waals surface area contributed by atoms with Crippen LogP contribution >= 0.6 is 11.8 Å². The molecule has 0 radical (unpaired) electrons. The van der Waals surface area contributed by atoms with Gasteiger partial charge in [0.15, 0.2) is 0 Å². The number of benzene rings is 2. The van der Waals surface area contributed by atoms with Gasteiger partial charge in [0.25, 0.3) is 0 Å². The van der Waals surface area contributed by atoms with E-state index in [1.165, 1.54) is 16.8 Å². The number of hydrogen-bond donors (Lipinski definition) is 0. The van der Waals surface area contributed by atoms with E-state index < -0.39 is 0 Å². The first kappa shape index (κ1) is 14.2. The van der Waals surface area contributed by atoms with Crippen molar-refractivity contribution in [2.24, 2.45) is 5.41 Å². The van der Waals surface area contributed by atoms with Crippen LogP contribution in [0.15, 0.2) is 54.6 Å². The molecule has 1 fully saturated rings. The molecule has 114 valence electrons. The summed E-state index contributed by atoms with van der Waals surface area (Å²) in [6.45, 7) is 9.64. The van der Waals surface area contributed by atoms with Gasteiger partial charge in [0, 0.05) is 16.4 Å². The lowest BCUT2D eigenvalue weighted by Gasteiger charge is -2.54. The van der Waals surface area contributed by atoms with Crippen LogP contribution in [0, 0.1) is 5.41 Å². The predicted octanol–water partition coefficient (Wildman–Crippen LogP) is 5.58. The van der Waals surface area contributed by atoms with Crippen molar-refractivity contribution in [1.29, 1.82) is 0 Å². The minimum atomic E-state index is 0.0253. The molecule has 0 saturated carbocycles. The number of thioether (sulfide) groups is 1. The molecule has 0 amide bonds. The average molecular weight is 309 g/mol. The van der Waals surface area contributed by atoms with Gasteiger partial charge >= 0.3 is 0 Å². The summed E-state index contributed by atoms with van der Waals surface area (Å²) in [5.41, 5.74) is 4.56. The Morgan fingerprint density at radius 2 is 1.55 bits per heavy atom. The van der Waals surface area contributed by atoms with E-state index in [2.05, 4.69) is 99.0 Å². The van der Waals surface area contributed by atoms with E-state index in [9.17, 15) is 0 Å². The van der Waals surface area contributed by atoms with Gasteiger partial charge in [0.1, 0.15) is 4.87 Å². The lowest BCUT2D eigenvalue weighted by atomic mass is 9.77. The molecule has 2 aromatic carbocycles. The Labute approximate surface area is 137 Å². The van der Waals surface area contributed by atoms with E-state index in [0.29, 0.717) is 11.3 Å². The summed E-state index contributed by atoms with van der Waals surface area (Å²) in [5, 5.41) is 0.620. The highest BCUT2D eigenvalue weighted by Crippen LogP contribution is 2.66. The SMILES string of the molecule is CC1SC2(C)c3ccccc3C(N2c2ccccc2)C1(C)C. The fourth-order valence-electron chi connectivity index (χ4n) is 4.23. The second-order valence-electron chi connectivity index (χ2n) is 7.26. The molecule has 0 aliphatic carbocycles. The number of para-hydroxylation sites is 1. The van der Waals surface area contributed by atoms with E-state index in [1.54, 1.807) is 0 Å². The smallest absolute Gasteiger partial charge is 0.110 e. The summed E-state index contributed by atoms with van der Waals surface area (Å²) in [5.74, 6) is 0. The topological polar surface area (TPSA) is 3.24 Å². The average Bonchev–Trinajstić information content (AvgIpc) is 2.74. The van der Waals surface area contributed by atoms with Crippen molar-refractivity contribution in [3.05, 3.63) is 65.7 Å². The van der Waals surface area contributed by atoms with Gasteiger partial charge in [-0.05, 0) is 30.2 Å². The third-order valence-electron chi connectivity index (χ3n) is 5.67. The maximum absolute atomic E-state index is 2.66. The number of anilines is 1. The maximum atomic E-state index is 2.66. The first-order valence-corrected chi connectivity index (χ1v) is 8.96. The summed E-state index contributed by atoms with van der Waals surface area (Å²) < 4.78 is 0. The summed E-state index contributed by atoms with van der Waals surface area (Å²) in [6.07, 6.45) is 0. The van der Waals surface area contributed by atoms with E-state index in [-0.39, 0.29) is 10.3 Å². The molecular formula is C20H23NS. The molecule has 3 unspecified atom stereocenters. The van der Waals surface area contributed by atoms with Crippen molar-refractivity contribution in [2.45, 2.75) is 43.9 Å². The van der Waals surface area contributed by atoms with Crippen molar-refractivity contribution < 1.29 is 0 Å². The normalized spacial score (nSPS) is 31.9. The summed E-state index contributed by atoms with van der Waals surface area (Å²) >= 11 is 2.11. The van der Waals surface area contributed by atoms with Crippen molar-refractivity contribution in [3.8, 4) is 0 Å². The zero-order chi connectivity index (χ0) is 15.5. The van der Waals surface area contributed by atoms with E-state index in [1.807, 2.05) is 0 Å². The molecule has 0 spiro atoms. The van der Waals surface area contributed by atoms with Crippen LogP contribution in [0.3, 0.4) is 0 Å². The Morgan fingerprint density at radius 3 is 2.27 bits per heavy atom. The van der Waals surface area contributed by atoms with Crippen molar-refractivity contribution in [1.82, 2.24) is 0 Å². The molecule has 0 N–H and O–H groups in total. The van der Waals surface area contributed by atoms with Gasteiger partial charge in [-0.2, -0.15) is 0 Å². The van der Waals surface area contributed by atoms with Crippen LogP contribution in [0.2, 0.25) is 0 Å². The fourth-order valence-corrected chi connectivity index (χ4v) is 5.99. The molecule has 4 rings (SSSR count). The highest BCUT2D eigenvalue weighted by molar-refractivity contribution is 8.01. The second kappa shape index (κ2) is 4.55. The molecule has 0 aromatic heterocycles. The molecule has 2 heterocycles. The third kappa shape index (κ3) is 1.68. The lowest BCUT2D eigenvalue weighted by Crippen LogP contribution is -2.51. The van der Waals surface area contributed by atoms with E-state index >= 15 is 0 Å². The second-order valence-corrected chi connectivity index (χ2v) is 9.00. The number of fused-ring (bicyclic) bond motifs is 5. The zero-order valence-electron chi connectivity index (χ0n) is 13.7. The van der Waals surface area contributed by atoms with Crippen LogP contribution in [0.5, 0.6) is 0 Å². The third-order valence-corrected chi connectivity index (χ3v) is 7.50. The molecule has 2 aromatic rings. The van der Waals surface area contributed by atoms with Crippen LogP contribution < -0.4 is 4.90 Å². The Hall–Kier alpha value is -1.41. The van der Waals surface area contributed by atoms with Crippen molar-refractivity contribution in [3.63, 3.8) is 0 Å². The van der Waals surface area contributed by atoms with Gasteiger partial charge in [-0.3, -0.25) is 0 Å². The van der Waals surface area contributed by atoms with E-state index in [4.69, 9.17) is 0 Å². The summed E-state index contributed by atoms with van der Waals surface area (Å²) in [7, 11) is 0. The minimum Gasteiger partial charge on any atom is -0.345 e. The summed E-state index contributed by atoms with van der Waals surface area (Å²) in [6, 6.07) is 20.4. The zero-order valence-corrected chi connectivity index (χ0v) is 14.5. The summed E-state index contributed by atoms with van der Waals surface area (Å²) in [4.78, 5) is 2.68. The van der Waals surface area contributed by atoms with Crippen LogP contribution in [0.4, 0.5) is 5.69 Å². The Morgan fingerprint density at radius 1 is 0.909 bits per heavy atom. The molecule has 3 atom stereocenters. The molecule has 2 bridgehead atoms. The number of rotatable bonds is 1. The van der Waals surface area contributed by atoms with Crippen LogP contribution in [-0.4, -0.2) is 5.25 Å². The standard InChI is InChI=1S/C20H23NS/c1-14-19(2,3)18-16-12-8-9-13-17(16)20(4,22-14)21(18)15-10-6-5-7-11-15/h5-14,18H,1-4H3. The maximum Gasteiger partial charge on any atom is 0.110 e. The van der Waals surface area contributed by atoms with Gasteiger partial charge in [0.2, 0.25) is 0 Å². The van der Waals surface area contributed by atoms with Crippen molar-refractivity contribution in [2.75, 3.05) is 4.90 Å². The highest BCUT2D eigenvalue weighted by atomic mass is 32.2. The number of nitrogens with zero attached hydrogens (tertiary/aromatic N) is 1.